The normalized spacial score (nSPS) is 16.7. The zero-order valence-electron chi connectivity index (χ0n) is 12.8. The molecule has 4 nitrogen and oxygen atoms in total. The molecule has 1 aromatic rings. The number of amides is 1. The van der Waals surface area contributed by atoms with E-state index in [-0.39, 0.29) is 5.91 Å². The first-order valence-corrected chi connectivity index (χ1v) is 7.30. The van der Waals surface area contributed by atoms with Crippen molar-refractivity contribution in [2.24, 2.45) is 0 Å². The fourth-order valence-electron chi connectivity index (χ4n) is 2.50. The van der Waals surface area contributed by atoms with Crippen molar-refractivity contribution in [2.45, 2.75) is 6.92 Å². The van der Waals surface area contributed by atoms with E-state index in [2.05, 4.69) is 23.9 Å². The predicted octanol–water partition coefficient (Wildman–Crippen LogP) is 1.31. The average molecular weight is 275 g/mol. The van der Waals surface area contributed by atoms with Gasteiger partial charge in [0.25, 0.3) is 5.91 Å². The van der Waals surface area contributed by atoms with Crippen LogP contribution in [0, 0.1) is 6.92 Å². The first-order chi connectivity index (χ1) is 9.58. The van der Waals surface area contributed by atoms with Gasteiger partial charge < -0.3 is 9.80 Å². The van der Waals surface area contributed by atoms with Gasteiger partial charge in [-0.2, -0.15) is 0 Å². The minimum Gasteiger partial charge on any atom is -0.336 e. The number of benzene rings is 1. The molecule has 0 aliphatic carbocycles. The van der Waals surface area contributed by atoms with Crippen molar-refractivity contribution in [3.63, 3.8) is 0 Å². The molecule has 4 heteroatoms. The summed E-state index contributed by atoms with van der Waals surface area (Å²) in [7, 11) is 4.19. The Bertz CT molecular complexity index is 451. The Morgan fingerprint density at radius 2 is 1.80 bits per heavy atom. The van der Waals surface area contributed by atoms with Crippen LogP contribution in [0.2, 0.25) is 0 Å². The first kappa shape index (κ1) is 15.0. The second kappa shape index (κ2) is 6.86. The molecular weight excluding hydrogens is 250 g/mol. The molecule has 1 saturated heterocycles. The van der Waals surface area contributed by atoms with E-state index in [9.17, 15) is 4.79 Å². The maximum atomic E-state index is 12.5. The van der Waals surface area contributed by atoms with Gasteiger partial charge in [0.1, 0.15) is 0 Å². The van der Waals surface area contributed by atoms with E-state index in [1.807, 2.05) is 36.1 Å². The van der Waals surface area contributed by atoms with Gasteiger partial charge in [0.2, 0.25) is 0 Å². The molecule has 2 rings (SSSR count). The Morgan fingerprint density at radius 1 is 1.15 bits per heavy atom. The highest BCUT2D eigenvalue weighted by Gasteiger charge is 2.22. The zero-order valence-corrected chi connectivity index (χ0v) is 12.8. The van der Waals surface area contributed by atoms with Crippen molar-refractivity contribution in [3.8, 4) is 0 Å². The van der Waals surface area contributed by atoms with Crippen LogP contribution in [-0.2, 0) is 0 Å². The van der Waals surface area contributed by atoms with Crippen molar-refractivity contribution >= 4 is 5.91 Å². The average Bonchev–Trinajstić information content (AvgIpc) is 2.45. The third-order valence-corrected chi connectivity index (χ3v) is 3.90. The topological polar surface area (TPSA) is 26.8 Å². The number of hydrogen-bond acceptors (Lipinski definition) is 3. The van der Waals surface area contributed by atoms with Crippen LogP contribution in [0.15, 0.2) is 24.3 Å². The van der Waals surface area contributed by atoms with Crippen molar-refractivity contribution in [2.75, 3.05) is 53.4 Å². The summed E-state index contributed by atoms with van der Waals surface area (Å²) in [5, 5.41) is 0. The maximum absolute atomic E-state index is 12.5. The summed E-state index contributed by atoms with van der Waals surface area (Å²) < 4.78 is 0. The molecule has 1 amide bonds. The molecule has 0 atom stereocenters. The summed E-state index contributed by atoms with van der Waals surface area (Å²) in [5.41, 5.74) is 1.90. The minimum atomic E-state index is 0.176. The van der Waals surface area contributed by atoms with Gasteiger partial charge in [-0.1, -0.05) is 18.2 Å². The Balaban J connectivity index is 1.88. The van der Waals surface area contributed by atoms with Gasteiger partial charge in [-0.05, 0) is 32.6 Å². The number of carbonyl (C=O) groups is 1. The Labute approximate surface area is 122 Å². The van der Waals surface area contributed by atoms with E-state index in [1.54, 1.807) is 0 Å². The third kappa shape index (κ3) is 3.81. The summed E-state index contributed by atoms with van der Waals surface area (Å²) in [6.45, 7) is 7.78. The van der Waals surface area contributed by atoms with Crippen molar-refractivity contribution in [1.82, 2.24) is 14.7 Å². The number of rotatable bonds is 4. The van der Waals surface area contributed by atoms with Gasteiger partial charge in [0.15, 0.2) is 0 Å². The van der Waals surface area contributed by atoms with Gasteiger partial charge in [0.05, 0.1) is 0 Å². The number of nitrogens with zero attached hydrogens (tertiary/aromatic N) is 3. The first-order valence-electron chi connectivity index (χ1n) is 7.30. The van der Waals surface area contributed by atoms with Crippen LogP contribution in [0.4, 0.5) is 0 Å². The lowest BCUT2D eigenvalue weighted by Gasteiger charge is -2.35. The molecule has 0 aromatic heterocycles. The summed E-state index contributed by atoms with van der Waals surface area (Å²) in [6, 6.07) is 7.84. The molecule has 0 spiro atoms. The van der Waals surface area contributed by atoms with E-state index in [0.717, 1.165) is 50.4 Å². The van der Waals surface area contributed by atoms with Crippen molar-refractivity contribution in [3.05, 3.63) is 35.4 Å². The van der Waals surface area contributed by atoms with Crippen LogP contribution in [0.1, 0.15) is 15.9 Å². The lowest BCUT2D eigenvalue weighted by molar-refractivity contribution is 0.0629. The molecule has 1 heterocycles. The SMILES string of the molecule is Cc1ccccc1C(=O)N1CCN(CCN(C)C)CC1. The third-order valence-electron chi connectivity index (χ3n) is 3.90. The Kier molecular flexibility index (Phi) is 5.15. The van der Waals surface area contributed by atoms with Crippen LogP contribution >= 0.6 is 0 Å². The summed E-state index contributed by atoms with van der Waals surface area (Å²) in [6.07, 6.45) is 0. The Morgan fingerprint density at radius 3 is 2.40 bits per heavy atom. The molecular formula is C16H25N3O. The molecule has 0 N–H and O–H groups in total. The minimum absolute atomic E-state index is 0.176. The zero-order chi connectivity index (χ0) is 14.5. The Hall–Kier alpha value is -1.39. The summed E-state index contributed by atoms with van der Waals surface area (Å²) >= 11 is 0. The fraction of sp³-hybridized carbons (Fsp3) is 0.562. The number of aryl methyl sites for hydroxylation is 1. The molecule has 1 fully saturated rings. The lowest BCUT2D eigenvalue weighted by atomic mass is 10.1. The van der Waals surface area contributed by atoms with Gasteiger partial charge in [-0.15, -0.1) is 0 Å². The molecule has 1 aliphatic rings. The van der Waals surface area contributed by atoms with Crippen LogP contribution in [0.3, 0.4) is 0 Å². The van der Waals surface area contributed by atoms with E-state index in [4.69, 9.17) is 0 Å². The van der Waals surface area contributed by atoms with Crippen molar-refractivity contribution < 1.29 is 4.79 Å². The highest BCUT2D eigenvalue weighted by molar-refractivity contribution is 5.95. The smallest absolute Gasteiger partial charge is 0.254 e. The summed E-state index contributed by atoms with van der Waals surface area (Å²) in [4.78, 5) is 19.1. The second-order valence-electron chi connectivity index (χ2n) is 5.75. The standard InChI is InChI=1S/C16H25N3O/c1-14-6-4-5-7-15(14)16(20)19-12-10-18(11-13-19)9-8-17(2)3/h4-7H,8-13H2,1-3H3. The monoisotopic (exact) mass is 275 g/mol. The number of carbonyl (C=O) groups excluding carboxylic acids is 1. The highest BCUT2D eigenvalue weighted by atomic mass is 16.2. The summed E-state index contributed by atoms with van der Waals surface area (Å²) in [5.74, 6) is 0.176. The number of hydrogen-bond donors (Lipinski definition) is 0. The van der Waals surface area contributed by atoms with Crippen molar-refractivity contribution in [1.29, 1.82) is 0 Å². The fourth-order valence-corrected chi connectivity index (χ4v) is 2.50. The largest absolute Gasteiger partial charge is 0.336 e. The maximum Gasteiger partial charge on any atom is 0.254 e. The highest BCUT2D eigenvalue weighted by Crippen LogP contribution is 2.12. The molecule has 1 aromatic carbocycles. The molecule has 0 bridgehead atoms. The van der Waals surface area contributed by atoms with E-state index >= 15 is 0 Å². The number of likely N-dealkylation sites (N-methyl/N-ethyl adjacent to an activating group) is 1. The molecule has 0 saturated carbocycles. The van der Waals surface area contributed by atoms with E-state index in [0.29, 0.717) is 0 Å². The lowest BCUT2D eigenvalue weighted by Crippen LogP contribution is -2.50. The molecule has 0 unspecified atom stereocenters. The predicted molar refractivity (Wildman–Crippen MR) is 82.1 cm³/mol. The van der Waals surface area contributed by atoms with Crippen LogP contribution in [0.25, 0.3) is 0 Å². The van der Waals surface area contributed by atoms with Crippen LogP contribution in [0.5, 0.6) is 0 Å². The van der Waals surface area contributed by atoms with E-state index in [1.165, 1.54) is 0 Å². The molecule has 20 heavy (non-hydrogen) atoms. The molecule has 110 valence electrons. The van der Waals surface area contributed by atoms with Gasteiger partial charge >= 0.3 is 0 Å². The van der Waals surface area contributed by atoms with Gasteiger partial charge in [-0.3, -0.25) is 9.69 Å². The van der Waals surface area contributed by atoms with Crippen LogP contribution in [-0.4, -0.2) is 74.0 Å². The van der Waals surface area contributed by atoms with Crippen LogP contribution < -0.4 is 0 Å². The molecule has 1 aliphatic heterocycles. The van der Waals surface area contributed by atoms with Gasteiger partial charge in [0, 0.05) is 44.8 Å². The quantitative estimate of drug-likeness (QED) is 0.829. The van der Waals surface area contributed by atoms with Gasteiger partial charge in [-0.25, -0.2) is 0 Å². The second-order valence-corrected chi connectivity index (χ2v) is 5.75. The number of piperazine rings is 1. The van der Waals surface area contributed by atoms with E-state index < -0.39 is 0 Å². The molecule has 0 radical (unpaired) electrons.